The Bertz CT molecular complexity index is 1180. The van der Waals surface area contributed by atoms with E-state index in [-0.39, 0.29) is 18.1 Å². The van der Waals surface area contributed by atoms with Gasteiger partial charge >= 0.3 is 12.1 Å². The summed E-state index contributed by atoms with van der Waals surface area (Å²) in [6.07, 6.45) is -3.98. The molecular weight excluding hydrogens is 385 g/mol. The zero-order valence-corrected chi connectivity index (χ0v) is 15.9. The molecule has 0 unspecified atom stereocenters. The van der Waals surface area contributed by atoms with Gasteiger partial charge in [-0.05, 0) is 37.8 Å². The largest absolute Gasteiger partial charge is 0.462 e. The lowest BCUT2D eigenvalue weighted by Gasteiger charge is -2.18. The van der Waals surface area contributed by atoms with Gasteiger partial charge in [0.15, 0.2) is 11.5 Å². The molecule has 0 amide bonds. The predicted octanol–water partition coefficient (Wildman–Crippen LogP) is 4.69. The van der Waals surface area contributed by atoms with E-state index in [9.17, 15) is 22.8 Å². The predicted molar refractivity (Wildman–Crippen MR) is 99.4 cm³/mol. The Morgan fingerprint density at radius 2 is 1.93 bits per heavy atom. The van der Waals surface area contributed by atoms with Crippen molar-refractivity contribution >= 4 is 22.5 Å². The van der Waals surface area contributed by atoms with Gasteiger partial charge in [-0.15, -0.1) is 0 Å². The fourth-order valence-corrected chi connectivity index (χ4v) is 3.91. The molecule has 0 saturated heterocycles. The van der Waals surface area contributed by atoms with Gasteiger partial charge in [0.1, 0.15) is 5.56 Å². The summed E-state index contributed by atoms with van der Waals surface area (Å²) in [6.45, 7) is 5.03. The molecule has 0 atom stereocenters. The fourth-order valence-electron chi connectivity index (χ4n) is 3.91. The van der Waals surface area contributed by atoms with E-state index in [1.165, 1.54) is 13.0 Å². The second-order valence-electron chi connectivity index (χ2n) is 7.35. The Kier molecular flexibility index (Phi) is 4.08. The minimum atomic E-state index is -4.84. The molecule has 5 nitrogen and oxygen atoms in total. The second kappa shape index (κ2) is 6.17. The first-order valence-electron chi connectivity index (χ1n) is 9.02. The molecule has 0 aliphatic heterocycles. The van der Waals surface area contributed by atoms with Crippen LogP contribution in [0, 0.1) is 0 Å². The second-order valence-corrected chi connectivity index (χ2v) is 7.35. The summed E-state index contributed by atoms with van der Waals surface area (Å²) in [7, 11) is 0. The van der Waals surface area contributed by atoms with Gasteiger partial charge in [0, 0.05) is 10.9 Å². The molecule has 1 aromatic heterocycles. The summed E-state index contributed by atoms with van der Waals surface area (Å²) in [5.41, 5.74) is -1.27. The summed E-state index contributed by atoms with van der Waals surface area (Å²) < 4.78 is 47.0. The van der Waals surface area contributed by atoms with E-state index in [1.807, 2.05) is 0 Å². The van der Waals surface area contributed by atoms with Gasteiger partial charge in [-0.1, -0.05) is 24.3 Å². The van der Waals surface area contributed by atoms with Crippen molar-refractivity contribution in [3.8, 4) is 5.69 Å². The van der Waals surface area contributed by atoms with E-state index >= 15 is 0 Å². The molecule has 1 heterocycles. The molecule has 1 aliphatic carbocycles. The Labute approximate surface area is 164 Å². The highest BCUT2D eigenvalue weighted by Crippen LogP contribution is 2.44. The highest BCUT2D eigenvalue weighted by molar-refractivity contribution is 6.21. The van der Waals surface area contributed by atoms with Crippen LogP contribution in [-0.4, -0.2) is 28.1 Å². The molecule has 1 aliphatic rings. The number of ether oxygens (including phenoxy) is 1. The van der Waals surface area contributed by atoms with Crippen molar-refractivity contribution in [2.75, 3.05) is 6.61 Å². The van der Waals surface area contributed by atoms with Crippen molar-refractivity contribution in [2.24, 2.45) is 0 Å². The number of Topliss-reactive ketones (excluding diaryl/α,β-unsaturated/α-hetero) is 1. The van der Waals surface area contributed by atoms with Crippen LogP contribution in [0.5, 0.6) is 0 Å². The van der Waals surface area contributed by atoms with Gasteiger partial charge in [0.05, 0.1) is 23.9 Å². The van der Waals surface area contributed by atoms with Gasteiger partial charge in [-0.2, -0.15) is 18.3 Å². The van der Waals surface area contributed by atoms with Crippen molar-refractivity contribution < 1.29 is 27.5 Å². The summed E-state index contributed by atoms with van der Waals surface area (Å²) in [5, 5.41) is 4.93. The lowest BCUT2D eigenvalue weighted by Crippen LogP contribution is -2.23. The minimum Gasteiger partial charge on any atom is -0.462 e. The number of rotatable bonds is 3. The maximum atomic E-state index is 13.9. The van der Waals surface area contributed by atoms with Crippen LogP contribution < -0.4 is 0 Å². The number of benzene rings is 2. The Morgan fingerprint density at radius 3 is 2.59 bits per heavy atom. The van der Waals surface area contributed by atoms with Crippen molar-refractivity contribution in [3.63, 3.8) is 0 Å². The van der Waals surface area contributed by atoms with Crippen molar-refractivity contribution in [1.29, 1.82) is 0 Å². The van der Waals surface area contributed by atoms with Crippen molar-refractivity contribution in [1.82, 2.24) is 9.78 Å². The molecule has 150 valence electrons. The van der Waals surface area contributed by atoms with E-state index < -0.39 is 28.8 Å². The third-order valence-electron chi connectivity index (χ3n) is 5.26. The van der Waals surface area contributed by atoms with Crippen molar-refractivity contribution in [3.05, 3.63) is 58.9 Å². The first-order chi connectivity index (χ1) is 13.6. The maximum absolute atomic E-state index is 13.9. The van der Waals surface area contributed by atoms with Crippen LogP contribution >= 0.6 is 0 Å². The van der Waals surface area contributed by atoms with Gasteiger partial charge < -0.3 is 4.74 Å². The lowest BCUT2D eigenvalue weighted by atomic mass is 9.84. The highest BCUT2D eigenvalue weighted by atomic mass is 19.4. The summed E-state index contributed by atoms with van der Waals surface area (Å²) >= 11 is 0. The number of alkyl halides is 3. The molecule has 3 aromatic rings. The molecule has 0 bridgehead atoms. The molecule has 8 heteroatoms. The van der Waals surface area contributed by atoms with Crippen molar-refractivity contribution in [2.45, 2.75) is 32.4 Å². The Balaban J connectivity index is 2.03. The fraction of sp³-hybridized carbons (Fsp3) is 0.286. The molecule has 0 saturated carbocycles. The van der Waals surface area contributed by atoms with E-state index in [0.29, 0.717) is 21.0 Å². The molecule has 0 N–H and O–H groups in total. The molecular formula is C21H17F3N2O3. The average molecular weight is 402 g/mol. The van der Waals surface area contributed by atoms with E-state index in [0.717, 1.165) is 11.8 Å². The molecule has 2 aromatic carbocycles. The molecule has 0 spiro atoms. The van der Waals surface area contributed by atoms with Crippen LogP contribution in [0.1, 0.15) is 52.7 Å². The normalized spacial score (nSPS) is 15.2. The van der Waals surface area contributed by atoms with Crippen LogP contribution in [-0.2, 0) is 16.3 Å². The molecule has 29 heavy (non-hydrogen) atoms. The van der Waals surface area contributed by atoms with Gasteiger partial charge in [-0.3, -0.25) is 4.79 Å². The minimum absolute atomic E-state index is 0.0561. The first kappa shape index (κ1) is 19.2. The topological polar surface area (TPSA) is 61.2 Å². The number of halogens is 3. The monoisotopic (exact) mass is 402 g/mol. The SMILES string of the molecule is CCOC(=O)c1cnn(-c2ccc3c4c(cccc24)C(=O)C3(C)C)c1C(F)(F)F. The van der Waals surface area contributed by atoms with Crippen LogP contribution in [0.3, 0.4) is 0 Å². The number of aromatic nitrogens is 2. The van der Waals surface area contributed by atoms with E-state index in [2.05, 4.69) is 5.10 Å². The lowest BCUT2D eigenvalue weighted by molar-refractivity contribution is -0.143. The Morgan fingerprint density at radius 1 is 1.21 bits per heavy atom. The number of nitrogens with zero attached hydrogens (tertiary/aromatic N) is 2. The van der Waals surface area contributed by atoms with E-state index in [4.69, 9.17) is 4.74 Å². The number of carbonyl (C=O) groups is 2. The number of hydrogen-bond acceptors (Lipinski definition) is 4. The third-order valence-corrected chi connectivity index (χ3v) is 5.26. The number of carbonyl (C=O) groups excluding carboxylic acids is 2. The quantitative estimate of drug-likeness (QED) is 0.596. The maximum Gasteiger partial charge on any atom is 0.434 e. The summed E-state index contributed by atoms with van der Waals surface area (Å²) in [4.78, 5) is 24.8. The van der Waals surface area contributed by atoms with E-state index in [1.54, 1.807) is 38.1 Å². The highest BCUT2D eigenvalue weighted by Gasteiger charge is 2.43. The van der Waals surface area contributed by atoms with Crippen LogP contribution in [0.4, 0.5) is 13.2 Å². The third kappa shape index (κ3) is 2.66. The van der Waals surface area contributed by atoms with Crippen LogP contribution in [0.2, 0.25) is 0 Å². The number of esters is 1. The first-order valence-corrected chi connectivity index (χ1v) is 9.02. The summed E-state index contributed by atoms with van der Waals surface area (Å²) in [5.74, 6) is -1.17. The van der Waals surface area contributed by atoms with Crippen LogP contribution in [0.25, 0.3) is 16.5 Å². The molecule has 0 fully saturated rings. The Hall–Kier alpha value is -3.16. The standard InChI is InChI=1S/C21H17F3N2O3/c1-4-29-19(28)13-10-25-26(17(13)21(22,23)24)15-9-8-14-16-11(15)6-5-7-12(16)18(27)20(14,2)3/h5-10H,4H2,1-3H3. The summed E-state index contributed by atoms with van der Waals surface area (Å²) in [6, 6.07) is 8.10. The van der Waals surface area contributed by atoms with Gasteiger partial charge in [0.2, 0.25) is 0 Å². The smallest absolute Gasteiger partial charge is 0.434 e. The molecule has 4 rings (SSSR count). The zero-order chi connectivity index (χ0) is 21.1. The molecule has 0 radical (unpaired) electrons. The van der Waals surface area contributed by atoms with Crippen LogP contribution in [0.15, 0.2) is 36.5 Å². The van der Waals surface area contributed by atoms with Gasteiger partial charge in [-0.25, -0.2) is 9.48 Å². The number of ketones is 1. The zero-order valence-electron chi connectivity index (χ0n) is 15.9. The van der Waals surface area contributed by atoms with Gasteiger partial charge in [0.25, 0.3) is 0 Å². The number of hydrogen-bond donors (Lipinski definition) is 0. The average Bonchev–Trinajstić information content (AvgIpc) is 3.18.